The van der Waals surface area contributed by atoms with Crippen molar-refractivity contribution in [3.8, 4) is 5.75 Å². The zero-order chi connectivity index (χ0) is 22.0. The number of halogens is 1. The molecule has 0 saturated heterocycles. The third-order valence-electron chi connectivity index (χ3n) is 4.87. The zero-order valence-electron chi connectivity index (χ0n) is 16.8. The minimum Gasteiger partial charge on any atom is -0.497 e. The highest BCUT2D eigenvalue weighted by Crippen LogP contribution is 2.31. The molecule has 1 aromatic heterocycles. The molecule has 0 aliphatic heterocycles. The maximum atomic E-state index is 13.2. The second-order valence-corrected chi connectivity index (χ2v) is 7.24. The van der Waals surface area contributed by atoms with Gasteiger partial charge in [-0.25, -0.2) is 0 Å². The Morgan fingerprint density at radius 1 is 1.13 bits per heavy atom. The lowest BCUT2D eigenvalue weighted by Gasteiger charge is -2.10. The summed E-state index contributed by atoms with van der Waals surface area (Å²) in [5, 5.41) is 1.20. The predicted molar refractivity (Wildman–Crippen MR) is 113 cm³/mol. The van der Waals surface area contributed by atoms with E-state index in [2.05, 4.69) is 0 Å². The summed E-state index contributed by atoms with van der Waals surface area (Å²) in [6.07, 6.45) is -1.18. The first-order valence-corrected chi connectivity index (χ1v) is 9.57. The number of rotatable bonds is 6. The molecule has 0 radical (unpaired) electrons. The lowest BCUT2D eigenvalue weighted by molar-refractivity contribution is -0.153. The lowest BCUT2D eigenvalue weighted by Crippen LogP contribution is -2.31. The third kappa shape index (κ3) is 4.16. The van der Waals surface area contributed by atoms with Gasteiger partial charge in [-0.05, 0) is 61.9 Å². The van der Waals surface area contributed by atoms with Crippen molar-refractivity contribution in [1.29, 1.82) is 0 Å². The second-order valence-electron chi connectivity index (χ2n) is 6.81. The van der Waals surface area contributed by atoms with Gasteiger partial charge in [0.25, 0.3) is 11.8 Å². The van der Waals surface area contributed by atoms with Crippen LogP contribution in [0, 0.1) is 6.92 Å². The monoisotopic (exact) mass is 428 g/mol. The molecule has 7 nitrogen and oxygen atoms in total. The zero-order valence-corrected chi connectivity index (χ0v) is 17.5. The van der Waals surface area contributed by atoms with Gasteiger partial charge in [-0.3, -0.25) is 19.0 Å². The predicted octanol–water partition coefficient (Wildman–Crippen LogP) is 3.26. The number of primary amides is 1. The van der Waals surface area contributed by atoms with Crippen LogP contribution in [0.4, 0.5) is 0 Å². The molecule has 3 aromatic rings. The molecule has 0 aliphatic rings. The topological polar surface area (TPSA) is 101 Å². The Kier molecular flexibility index (Phi) is 6.12. The lowest BCUT2D eigenvalue weighted by atomic mass is 10.1. The molecule has 0 saturated carbocycles. The fourth-order valence-electron chi connectivity index (χ4n) is 3.24. The quantitative estimate of drug-likeness (QED) is 0.607. The highest BCUT2D eigenvalue weighted by Gasteiger charge is 2.23. The van der Waals surface area contributed by atoms with Gasteiger partial charge in [0, 0.05) is 21.7 Å². The Morgan fingerprint density at radius 3 is 2.40 bits per heavy atom. The average Bonchev–Trinajstić information content (AvgIpc) is 2.98. The number of nitrogens with two attached hydrogens (primary N) is 1. The van der Waals surface area contributed by atoms with E-state index in [9.17, 15) is 14.4 Å². The van der Waals surface area contributed by atoms with E-state index in [0.29, 0.717) is 38.5 Å². The van der Waals surface area contributed by atoms with E-state index in [0.717, 1.165) is 0 Å². The molecular weight excluding hydrogens is 408 g/mol. The summed E-state index contributed by atoms with van der Waals surface area (Å²) in [7, 11) is 1.53. The van der Waals surface area contributed by atoms with Crippen molar-refractivity contribution in [2.24, 2.45) is 5.73 Å². The van der Waals surface area contributed by atoms with E-state index >= 15 is 0 Å². The molecule has 0 fully saturated rings. The van der Waals surface area contributed by atoms with E-state index in [4.69, 9.17) is 26.8 Å². The SMILES string of the molecule is COc1ccc2c(c1)c(CC(=O)O[C@H](C)C(N)=O)c(C)n2C(=O)c1ccc(Cl)cc1. The van der Waals surface area contributed by atoms with Gasteiger partial charge in [-0.15, -0.1) is 0 Å². The van der Waals surface area contributed by atoms with E-state index < -0.39 is 18.0 Å². The van der Waals surface area contributed by atoms with Crippen LogP contribution in [0.5, 0.6) is 5.75 Å². The summed E-state index contributed by atoms with van der Waals surface area (Å²) in [6, 6.07) is 11.8. The van der Waals surface area contributed by atoms with Crippen molar-refractivity contribution in [2.75, 3.05) is 7.11 Å². The maximum Gasteiger partial charge on any atom is 0.311 e. The van der Waals surface area contributed by atoms with Crippen LogP contribution < -0.4 is 10.5 Å². The smallest absolute Gasteiger partial charge is 0.311 e. The second kappa shape index (κ2) is 8.59. The first-order chi connectivity index (χ1) is 14.2. The Labute approximate surface area is 178 Å². The van der Waals surface area contributed by atoms with Gasteiger partial charge in [0.15, 0.2) is 6.10 Å². The van der Waals surface area contributed by atoms with Gasteiger partial charge in [0.1, 0.15) is 5.75 Å². The van der Waals surface area contributed by atoms with Gasteiger partial charge < -0.3 is 15.2 Å². The van der Waals surface area contributed by atoms with E-state index in [1.807, 2.05) is 0 Å². The number of ether oxygens (including phenoxy) is 2. The number of aromatic nitrogens is 1. The molecule has 0 unspecified atom stereocenters. The number of amides is 1. The van der Waals surface area contributed by atoms with Crippen LogP contribution in [-0.4, -0.2) is 35.6 Å². The number of hydrogen-bond acceptors (Lipinski definition) is 5. The van der Waals surface area contributed by atoms with Crippen LogP contribution in [0.25, 0.3) is 10.9 Å². The highest BCUT2D eigenvalue weighted by molar-refractivity contribution is 6.30. The van der Waals surface area contributed by atoms with Gasteiger partial charge in [-0.2, -0.15) is 0 Å². The minimum absolute atomic E-state index is 0.131. The fraction of sp³-hybridized carbons (Fsp3) is 0.227. The Bertz CT molecular complexity index is 1130. The molecule has 0 spiro atoms. The van der Waals surface area contributed by atoms with E-state index in [1.54, 1.807) is 49.4 Å². The van der Waals surface area contributed by atoms with Gasteiger partial charge >= 0.3 is 5.97 Å². The fourth-order valence-corrected chi connectivity index (χ4v) is 3.36. The Balaban J connectivity index is 2.09. The standard InChI is InChI=1S/C22H21ClN2O5/c1-12-17(11-20(26)30-13(2)21(24)27)18-10-16(29-3)8-9-19(18)25(12)22(28)14-4-6-15(23)7-5-14/h4-10,13H,11H2,1-3H3,(H2,24,27)/t13-/m1/s1. The first kappa shape index (κ1) is 21.4. The molecule has 0 bridgehead atoms. The first-order valence-electron chi connectivity index (χ1n) is 9.20. The number of fused-ring (bicyclic) bond motifs is 1. The van der Waals surface area contributed by atoms with Crippen LogP contribution in [0.15, 0.2) is 42.5 Å². The summed E-state index contributed by atoms with van der Waals surface area (Å²) in [5.74, 6) is -1.03. The molecule has 30 heavy (non-hydrogen) atoms. The van der Waals surface area contributed by atoms with E-state index in [-0.39, 0.29) is 12.3 Å². The summed E-state index contributed by atoms with van der Waals surface area (Å²) in [6.45, 7) is 3.16. The average molecular weight is 429 g/mol. The number of esters is 1. The molecule has 8 heteroatoms. The van der Waals surface area contributed by atoms with Crippen molar-refractivity contribution in [3.63, 3.8) is 0 Å². The Morgan fingerprint density at radius 2 is 1.80 bits per heavy atom. The van der Waals surface area contributed by atoms with Crippen molar-refractivity contribution >= 4 is 40.3 Å². The summed E-state index contributed by atoms with van der Waals surface area (Å²) in [4.78, 5) is 36.8. The van der Waals surface area contributed by atoms with Crippen LogP contribution >= 0.6 is 11.6 Å². The largest absolute Gasteiger partial charge is 0.497 e. The number of benzene rings is 2. The third-order valence-corrected chi connectivity index (χ3v) is 5.12. The van der Waals surface area contributed by atoms with Crippen molar-refractivity contribution < 1.29 is 23.9 Å². The maximum absolute atomic E-state index is 13.2. The van der Waals surface area contributed by atoms with Crippen molar-refractivity contribution in [2.45, 2.75) is 26.4 Å². The number of hydrogen-bond donors (Lipinski definition) is 1. The summed E-state index contributed by atoms with van der Waals surface area (Å²) in [5.41, 5.74) is 7.43. The number of methoxy groups -OCH3 is 1. The Hall–Kier alpha value is -3.32. The molecule has 1 amide bonds. The molecule has 1 heterocycles. The van der Waals surface area contributed by atoms with Gasteiger partial charge in [0.2, 0.25) is 0 Å². The van der Waals surface area contributed by atoms with Crippen LogP contribution in [-0.2, 0) is 20.7 Å². The van der Waals surface area contributed by atoms with Crippen molar-refractivity contribution in [3.05, 3.63) is 64.3 Å². The van der Waals surface area contributed by atoms with Gasteiger partial charge in [-0.1, -0.05) is 11.6 Å². The minimum atomic E-state index is -1.05. The number of nitrogens with zero attached hydrogens (tertiary/aromatic N) is 1. The van der Waals surface area contributed by atoms with Crippen LogP contribution in [0.3, 0.4) is 0 Å². The molecule has 2 aromatic carbocycles. The molecular formula is C22H21ClN2O5. The summed E-state index contributed by atoms with van der Waals surface area (Å²) < 4.78 is 11.9. The normalized spacial score (nSPS) is 11.9. The molecule has 2 N–H and O–H groups in total. The molecule has 1 atom stereocenters. The van der Waals surface area contributed by atoms with Crippen LogP contribution in [0.2, 0.25) is 5.02 Å². The molecule has 0 aliphatic carbocycles. The highest BCUT2D eigenvalue weighted by atomic mass is 35.5. The summed E-state index contributed by atoms with van der Waals surface area (Å²) >= 11 is 5.93. The number of carbonyl (C=O) groups is 3. The van der Waals surface area contributed by atoms with Crippen molar-refractivity contribution in [1.82, 2.24) is 4.57 Å². The van der Waals surface area contributed by atoms with Gasteiger partial charge in [0.05, 0.1) is 19.0 Å². The number of carbonyl (C=O) groups excluding carboxylic acids is 3. The molecule has 156 valence electrons. The van der Waals surface area contributed by atoms with E-state index in [1.165, 1.54) is 18.6 Å². The van der Waals surface area contributed by atoms with Crippen LogP contribution in [0.1, 0.15) is 28.5 Å². The molecule has 3 rings (SSSR count).